The number of aliphatic carboxylic acids is 1. The lowest BCUT2D eigenvalue weighted by atomic mass is 9.90. The van der Waals surface area contributed by atoms with E-state index in [0.29, 0.717) is 5.56 Å². The van der Waals surface area contributed by atoms with Gasteiger partial charge in [0.15, 0.2) is 0 Å². The smallest absolute Gasteiger partial charge is 0.330 e. The van der Waals surface area contributed by atoms with Crippen LogP contribution in [0.3, 0.4) is 0 Å². The van der Waals surface area contributed by atoms with Crippen molar-refractivity contribution in [2.24, 2.45) is 0 Å². The minimum absolute atomic E-state index is 0.0867. The first-order chi connectivity index (χ1) is 13.1. The van der Waals surface area contributed by atoms with Crippen LogP contribution in [0.25, 0.3) is 11.1 Å². The number of nitrogens with zero attached hydrogens (tertiary/aromatic N) is 3. The van der Waals surface area contributed by atoms with Gasteiger partial charge in [0.1, 0.15) is 0 Å². The molecule has 0 aromatic heterocycles. The molecular weight excluding hydrogens is 374 g/mol. The van der Waals surface area contributed by atoms with E-state index in [1.165, 1.54) is 18.2 Å². The molecule has 0 radical (unpaired) electrons. The maximum absolute atomic E-state index is 11.5. The number of carboxylic acids is 1. The van der Waals surface area contributed by atoms with E-state index in [1.54, 1.807) is 0 Å². The fraction of sp³-hybridized carbons (Fsp3) is 0.118. The van der Waals surface area contributed by atoms with Gasteiger partial charge in [0, 0.05) is 29.7 Å². The number of carbonyl (C=O) groups is 1. The lowest BCUT2D eigenvalue weighted by Crippen LogP contribution is -2.06. The molecule has 11 nitrogen and oxygen atoms in total. The highest BCUT2D eigenvalue weighted by molar-refractivity contribution is 5.90. The molecule has 2 aromatic carbocycles. The van der Waals surface area contributed by atoms with Gasteiger partial charge in [-0.15, -0.1) is 0 Å². The monoisotopic (exact) mass is 385 g/mol. The summed E-state index contributed by atoms with van der Waals surface area (Å²) >= 11 is 0. The van der Waals surface area contributed by atoms with Crippen molar-refractivity contribution in [1.82, 2.24) is 0 Å². The molecule has 28 heavy (non-hydrogen) atoms. The van der Waals surface area contributed by atoms with Crippen LogP contribution in [0.15, 0.2) is 42.5 Å². The summed E-state index contributed by atoms with van der Waals surface area (Å²) in [6.45, 7) is 3.43. The fourth-order valence-corrected chi connectivity index (χ4v) is 3.35. The average Bonchev–Trinajstić information content (AvgIpc) is 2.93. The van der Waals surface area contributed by atoms with E-state index in [9.17, 15) is 35.1 Å². The van der Waals surface area contributed by atoms with Gasteiger partial charge in [-0.2, -0.15) is 0 Å². The average molecular weight is 385 g/mol. The lowest BCUT2D eigenvalue weighted by molar-refractivity contribution is -0.393. The van der Waals surface area contributed by atoms with Gasteiger partial charge >= 0.3 is 5.97 Å². The molecule has 1 unspecified atom stereocenters. The van der Waals surface area contributed by atoms with E-state index in [-0.39, 0.29) is 34.4 Å². The lowest BCUT2D eigenvalue weighted by Gasteiger charge is -2.13. The van der Waals surface area contributed by atoms with Crippen molar-refractivity contribution in [2.75, 3.05) is 0 Å². The molecule has 1 atom stereocenters. The summed E-state index contributed by atoms with van der Waals surface area (Å²) < 4.78 is 0. The van der Waals surface area contributed by atoms with E-state index in [0.717, 1.165) is 12.1 Å². The zero-order chi connectivity index (χ0) is 20.7. The second kappa shape index (κ2) is 6.54. The normalized spacial score (nSPS) is 14.1. The molecule has 0 bridgehead atoms. The number of nitro benzene ring substituents is 3. The molecule has 142 valence electrons. The van der Waals surface area contributed by atoms with Gasteiger partial charge in [0.2, 0.25) is 0 Å². The Kier molecular flexibility index (Phi) is 4.35. The number of non-ortho nitro benzene ring substituents is 2. The molecule has 1 aliphatic carbocycles. The Balaban J connectivity index is 2.33. The van der Waals surface area contributed by atoms with Crippen LogP contribution in [-0.2, 0) is 4.79 Å². The number of nitro groups is 3. The number of hydrogen-bond acceptors (Lipinski definition) is 7. The van der Waals surface area contributed by atoms with Crippen LogP contribution in [0.4, 0.5) is 17.1 Å². The second-order valence-electron chi connectivity index (χ2n) is 6.14. The fourth-order valence-electron chi connectivity index (χ4n) is 3.35. The van der Waals surface area contributed by atoms with E-state index in [1.807, 2.05) is 0 Å². The number of hydrogen-bond donors (Lipinski definition) is 1. The number of benzene rings is 2. The largest absolute Gasteiger partial charge is 0.478 e. The summed E-state index contributed by atoms with van der Waals surface area (Å²) in [5.74, 6) is -2.16. The van der Waals surface area contributed by atoms with Crippen LogP contribution in [0, 0.1) is 30.3 Å². The third kappa shape index (κ3) is 2.94. The minimum atomic E-state index is -1.31. The van der Waals surface area contributed by atoms with Crippen molar-refractivity contribution in [1.29, 1.82) is 0 Å². The Morgan fingerprint density at radius 2 is 1.57 bits per heavy atom. The maximum Gasteiger partial charge on any atom is 0.330 e. The molecule has 1 N–H and O–H groups in total. The van der Waals surface area contributed by atoms with Crippen molar-refractivity contribution in [3.8, 4) is 11.1 Å². The zero-order valence-electron chi connectivity index (χ0n) is 14.0. The molecule has 0 spiro atoms. The standard InChI is InChI=1S/C17H11N3O8/c1-8(17(21)22)4-12-13-5-9(18(23)24)2-3-11(13)16-14(12)6-10(19(25)26)7-15(16)20(27)28/h2-3,5-7,12H,1,4H2,(H,21,22). The summed E-state index contributed by atoms with van der Waals surface area (Å²) in [5, 5.41) is 43.0. The van der Waals surface area contributed by atoms with Crippen LogP contribution in [-0.4, -0.2) is 25.8 Å². The number of fused-ring (bicyclic) bond motifs is 3. The first-order valence-electron chi connectivity index (χ1n) is 7.78. The Morgan fingerprint density at radius 3 is 2.11 bits per heavy atom. The SMILES string of the molecule is C=C(CC1c2cc([N+](=O)[O-])ccc2-c2c1cc([N+](=O)[O-])cc2[N+](=O)[O-])C(=O)O. The van der Waals surface area contributed by atoms with Gasteiger partial charge in [0.05, 0.1) is 26.4 Å². The Bertz CT molecular complexity index is 1090. The number of rotatable bonds is 6. The highest BCUT2D eigenvalue weighted by atomic mass is 16.6. The van der Waals surface area contributed by atoms with Crippen LogP contribution in [0.2, 0.25) is 0 Å². The maximum atomic E-state index is 11.5. The van der Waals surface area contributed by atoms with Gasteiger partial charge in [0.25, 0.3) is 17.1 Å². The first-order valence-corrected chi connectivity index (χ1v) is 7.78. The van der Waals surface area contributed by atoms with Gasteiger partial charge < -0.3 is 5.11 Å². The van der Waals surface area contributed by atoms with Crippen LogP contribution in [0.1, 0.15) is 23.5 Å². The van der Waals surface area contributed by atoms with Crippen LogP contribution < -0.4 is 0 Å². The quantitative estimate of drug-likeness (QED) is 0.447. The molecule has 0 amide bonds. The molecule has 3 rings (SSSR count). The molecule has 1 aliphatic rings. The van der Waals surface area contributed by atoms with Crippen LogP contribution >= 0.6 is 0 Å². The highest BCUT2D eigenvalue weighted by Crippen LogP contribution is 2.53. The summed E-state index contributed by atoms with van der Waals surface area (Å²) in [5.41, 5.74) is -0.733. The third-order valence-electron chi connectivity index (χ3n) is 4.56. The van der Waals surface area contributed by atoms with Crippen LogP contribution in [0.5, 0.6) is 0 Å². The Labute approximate surface area is 156 Å². The van der Waals surface area contributed by atoms with Crippen molar-refractivity contribution in [3.05, 3.63) is 84.0 Å². The minimum Gasteiger partial charge on any atom is -0.478 e. The second-order valence-corrected chi connectivity index (χ2v) is 6.14. The molecule has 0 heterocycles. The molecule has 0 aliphatic heterocycles. The zero-order valence-corrected chi connectivity index (χ0v) is 14.0. The predicted molar refractivity (Wildman–Crippen MR) is 95.1 cm³/mol. The Morgan fingerprint density at radius 1 is 0.964 bits per heavy atom. The summed E-state index contributed by atoms with van der Waals surface area (Å²) in [6.07, 6.45) is -0.213. The van der Waals surface area contributed by atoms with Crippen molar-refractivity contribution in [2.45, 2.75) is 12.3 Å². The van der Waals surface area contributed by atoms with Crippen molar-refractivity contribution >= 4 is 23.0 Å². The predicted octanol–water partition coefficient (Wildman–Crippen LogP) is 3.55. The van der Waals surface area contributed by atoms with Crippen molar-refractivity contribution < 1.29 is 24.7 Å². The summed E-state index contributed by atoms with van der Waals surface area (Å²) in [6, 6.07) is 5.65. The van der Waals surface area contributed by atoms with E-state index < -0.39 is 38.0 Å². The van der Waals surface area contributed by atoms with Gasteiger partial charge in [-0.1, -0.05) is 6.58 Å². The molecule has 0 saturated carbocycles. The van der Waals surface area contributed by atoms with E-state index in [2.05, 4.69) is 6.58 Å². The Hall–Kier alpha value is -4.15. The topological polar surface area (TPSA) is 167 Å². The third-order valence-corrected chi connectivity index (χ3v) is 4.56. The number of carboxylic acid groups (broad SMARTS) is 1. The highest BCUT2D eigenvalue weighted by Gasteiger charge is 2.38. The summed E-state index contributed by atoms with van der Waals surface area (Å²) in [4.78, 5) is 42.9. The van der Waals surface area contributed by atoms with Gasteiger partial charge in [-0.3, -0.25) is 30.3 Å². The van der Waals surface area contributed by atoms with Gasteiger partial charge in [-0.25, -0.2) is 4.79 Å². The molecule has 0 saturated heterocycles. The van der Waals surface area contributed by atoms with E-state index >= 15 is 0 Å². The first kappa shape index (κ1) is 18.6. The van der Waals surface area contributed by atoms with Crippen molar-refractivity contribution in [3.63, 3.8) is 0 Å². The molecule has 0 fully saturated rings. The molecule has 11 heteroatoms. The molecular formula is C17H11N3O8. The molecule has 2 aromatic rings. The van der Waals surface area contributed by atoms with Gasteiger partial charge in [-0.05, 0) is 29.2 Å². The van der Waals surface area contributed by atoms with E-state index in [4.69, 9.17) is 5.11 Å². The summed E-state index contributed by atoms with van der Waals surface area (Å²) in [7, 11) is 0.